The van der Waals surface area contributed by atoms with Crippen molar-refractivity contribution in [2.45, 2.75) is 32.1 Å². The molecule has 3 heterocycles. The Morgan fingerprint density at radius 2 is 1.77 bits per heavy atom. The first-order valence-corrected chi connectivity index (χ1v) is 12.6. The molecule has 35 heavy (non-hydrogen) atoms. The summed E-state index contributed by atoms with van der Waals surface area (Å²) in [5, 5.41) is 3.81. The fraction of sp³-hybridized carbons (Fsp3) is 0.258. The monoisotopic (exact) mass is 456 g/mol. The molecule has 0 spiro atoms. The van der Waals surface area contributed by atoms with Gasteiger partial charge in [-0.3, -0.25) is 9.98 Å². The first-order chi connectivity index (χ1) is 17.2. The molecule has 0 saturated heterocycles. The van der Waals surface area contributed by atoms with Crippen LogP contribution in [0.4, 0.5) is 5.69 Å². The zero-order chi connectivity index (χ0) is 23.5. The number of allylic oxidation sites excluding steroid dienone is 4. The Balaban J connectivity index is 1.30. The van der Waals surface area contributed by atoms with E-state index in [1.165, 1.54) is 27.1 Å². The summed E-state index contributed by atoms with van der Waals surface area (Å²) in [6, 6.07) is 12.8. The molecule has 0 saturated carbocycles. The van der Waals surface area contributed by atoms with Gasteiger partial charge in [0, 0.05) is 36.0 Å². The Hall–Kier alpha value is -3.79. The van der Waals surface area contributed by atoms with Crippen molar-refractivity contribution in [2.24, 2.45) is 23.9 Å². The van der Waals surface area contributed by atoms with Gasteiger partial charge in [-0.2, -0.15) is 0 Å². The molecule has 2 aliphatic carbocycles. The van der Waals surface area contributed by atoms with Crippen molar-refractivity contribution >= 4 is 51.6 Å². The van der Waals surface area contributed by atoms with Crippen molar-refractivity contribution < 1.29 is 0 Å². The minimum atomic E-state index is 0.390. The third-order valence-corrected chi connectivity index (χ3v) is 8.01. The largest absolute Gasteiger partial charge is 0.327 e. The van der Waals surface area contributed by atoms with Crippen LogP contribution in [0.25, 0.3) is 39.7 Å². The number of aryl methyl sites for hydroxylation is 1. The number of benzene rings is 2. The third-order valence-electron chi connectivity index (χ3n) is 8.01. The quantitative estimate of drug-likeness (QED) is 0.396. The van der Waals surface area contributed by atoms with Gasteiger partial charge in [-0.25, -0.2) is 4.98 Å². The van der Waals surface area contributed by atoms with Gasteiger partial charge in [0.05, 0.1) is 22.2 Å². The maximum Gasteiger partial charge on any atom is 0.140 e. The summed E-state index contributed by atoms with van der Waals surface area (Å²) in [6.07, 6.45) is 18.9. The van der Waals surface area contributed by atoms with Gasteiger partial charge in [0.15, 0.2) is 0 Å². The number of rotatable bonds is 2. The average Bonchev–Trinajstić information content (AvgIpc) is 3.26. The van der Waals surface area contributed by atoms with Gasteiger partial charge in [-0.15, -0.1) is 0 Å². The second kappa shape index (κ2) is 7.88. The van der Waals surface area contributed by atoms with Crippen LogP contribution in [0.15, 0.2) is 65.8 Å². The van der Waals surface area contributed by atoms with Crippen LogP contribution >= 0.6 is 0 Å². The highest BCUT2D eigenvalue weighted by molar-refractivity contribution is 6.12. The van der Waals surface area contributed by atoms with Crippen LogP contribution in [-0.4, -0.2) is 20.7 Å². The van der Waals surface area contributed by atoms with Gasteiger partial charge in [0.2, 0.25) is 0 Å². The predicted molar refractivity (Wildman–Crippen MR) is 145 cm³/mol. The van der Waals surface area contributed by atoms with Gasteiger partial charge >= 0.3 is 0 Å². The molecular weight excluding hydrogens is 428 g/mol. The molecule has 7 rings (SSSR count). The zero-order valence-corrected chi connectivity index (χ0v) is 20.1. The summed E-state index contributed by atoms with van der Waals surface area (Å²) < 4.78 is 2.28. The second-order valence-corrected chi connectivity index (χ2v) is 10.1. The standard InChI is InChI=1S/C31H28N4/c1-19-15-17-33-29-26(19)30-28(25-8-5-16-32-27(25)29)34-31(35(30)2)22-12-9-21(10-13-22)24-14-11-20-6-3-4-7-23(20)18-24/h3-9,11-13,16-19,21,24H,10,14-15H2,1-2H3/t19-,21?,24?/m1/s1. The summed E-state index contributed by atoms with van der Waals surface area (Å²) in [6.45, 7) is 2.28. The molecule has 4 aromatic rings. The number of pyridine rings is 1. The maximum absolute atomic E-state index is 5.21. The summed E-state index contributed by atoms with van der Waals surface area (Å²) >= 11 is 0. The lowest BCUT2D eigenvalue weighted by molar-refractivity contribution is 0.510. The van der Waals surface area contributed by atoms with Crippen LogP contribution in [0.5, 0.6) is 0 Å². The van der Waals surface area contributed by atoms with E-state index in [-0.39, 0.29) is 0 Å². The molecule has 0 N–H and O–H groups in total. The first kappa shape index (κ1) is 20.6. The Labute approximate surface area is 204 Å². The molecule has 2 aromatic carbocycles. The van der Waals surface area contributed by atoms with E-state index >= 15 is 0 Å². The normalized spacial score (nSPS) is 22.9. The number of hydrogen-bond donors (Lipinski definition) is 0. The van der Waals surface area contributed by atoms with Crippen molar-refractivity contribution in [1.29, 1.82) is 0 Å². The van der Waals surface area contributed by atoms with Gasteiger partial charge in [-0.05, 0) is 59.6 Å². The van der Waals surface area contributed by atoms with Crippen molar-refractivity contribution in [2.75, 3.05) is 0 Å². The molecule has 0 radical (unpaired) electrons. The van der Waals surface area contributed by atoms with Crippen molar-refractivity contribution in [1.82, 2.24) is 14.5 Å². The Kier molecular flexibility index (Phi) is 4.63. The van der Waals surface area contributed by atoms with E-state index in [4.69, 9.17) is 15.0 Å². The average molecular weight is 457 g/mol. The minimum absolute atomic E-state index is 0.390. The van der Waals surface area contributed by atoms with E-state index in [0.717, 1.165) is 47.2 Å². The van der Waals surface area contributed by atoms with Crippen molar-refractivity contribution in [3.05, 3.63) is 82.6 Å². The van der Waals surface area contributed by atoms with Crippen LogP contribution in [-0.2, 0) is 7.05 Å². The van der Waals surface area contributed by atoms with E-state index in [1.807, 2.05) is 18.5 Å². The van der Waals surface area contributed by atoms with E-state index in [0.29, 0.717) is 17.8 Å². The number of imidazole rings is 1. The molecule has 172 valence electrons. The van der Waals surface area contributed by atoms with Crippen LogP contribution in [0, 0.1) is 11.8 Å². The zero-order valence-electron chi connectivity index (χ0n) is 20.1. The molecule has 3 aliphatic rings. The molecular formula is C31H28N4. The molecule has 2 aromatic heterocycles. The first-order valence-electron chi connectivity index (χ1n) is 12.6. The van der Waals surface area contributed by atoms with Crippen molar-refractivity contribution in [3.8, 4) is 0 Å². The second-order valence-electron chi connectivity index (χ2n) is 10.1. The lowest BCUT2D eigenvalue weighted by atomic mass is 9.81. The van der Waals surface area contributed by atoms with E-state index in [9.17, 15) is 0 Å². The number of aliphatic imine (C=N–C) groups is 1. The molecule has 0 fully saturated rings. The summed E-state index contributed by atoms with van der Waals surface area (Å²) in [5.74, 6) is 2.48. The molecule has 2 unspecified atom stereocenters. The molecule has 4 nitrogen and oxygen atoms in total. The highest BCUT2D eigenvalue weighted by atomic mass is 15.1. The van der Waals surface area contributed by atoms with Crippen LogP contribution in [0.1, 0.15) is 43.5 Å². The van der Waals surface area contributed by atoms with Gasteiger partial charge in [0.1, 0.15) is 5.82 Å². The van der Waals surface area contributed by atoms with Crippen molar-refractivity contribution in [3.63, 3.8) is 0 Å². The third kappa shape index (κ3) is 3.16. The fourth-order valence-corrected chi connectivity index (χ4v) is 6.12. The lowest BCUT2D eigenvalue weighted by Crippen LogP contribution is -2.30. The van der Waals surface area contributed by atoms with Crippen LogP contribution in [0.2, 0.25) is 0 Å². The number of hydrogen-bond acceptors (Lipinski definition) is 3. The number of fused-ring (bicyclic) bond motifs is 7. The Morgan fingerprint density at radius 1 is 0.914 bits per heavy atom. The number of nitrogens with zero attached hydrogens (tertiary/aromatic N) is 4. The fourth-order valence-electron chi connectivity index (χ4n) is 6.12. The Bertz CT molecular complexity index is 1720. The summed E-state index contributed by atoms with van der Waals surface area (Å²) in [7, 11) is 2.15. The van der Waals surface area contributed by atoms with Gasteiger partial charge in [-0.1, -0.05) is 61.6 Å². The molecule has 0 bridgehead atoms. The summed E-state index contributed by atoms with van der Waals surface area (Å²) in [5.41, 5.74) is 6.69. The highest BCUT2D eigenvalue weighted by Gasteiger charge is 2.27. The van der Waals surface area contributed by atoms with E-state index in [2.05, 4.69) is 79.3 Å². The maximum atomic E-state index is 5.21. The van der Waals surface area contributed by atoms with Crippen LogP contribution < -0.4 is 10.4 Å². The smallest absolute Gasteiger partial charge is 0.140 e. The highest BCUT2D eigenvalue weighted by Crippen LogP contribution is 2.44. The molecule has 3 atom stereocenters. The summed E-state index contributed by atoms with van der Waals surface area (Å²) in [4.78, 5) is 14.7. The van der Waals surface area contributed by atoms with Gasteiger partial charge in [0.25, 0.3) is 0 Å². The SMILES string of the molecule is C[C@@H]1CC=Nc2c1c1c(nc(C3=CCC(C4C=c5ccccc5=CC4)C=C3)n1C)c1cccnc21. The topological polar surface area (TPSA) is 43.1 Å². The lowest BCUT2D eigenvalue weighted by Gasteiger charge is -2.24. The number of aromatic nitrogens is 3. The molecule has 1 aliphatic heterocycles. The van der Waals surface area contributed by atoms with E-state index < -0.39 is 0 Å². The van der Waals surface area contributed by atoms with Gasteiger partial charge < -0.3 is 4.57 Å². The molecule has 0 amide bonds. The predicted octanol–water partition coefficient (Wildman–Crippen LogP) is 5.57. The van der Waals surface area contributed by atoms with E-state index in [1.54, 1.807) is 0 Å². The Morgan fingerprint density at radius 3 is 2.63 bits per heavy atom. The molecule has 4 heteroatoms. The minimum Gasteiger partial charge on any atom is -0.327 e. The van der Waals surface area contributed by atoms with Crippen LogP contribution in [0.3, 0.4) is 0 Å².